The summed E-state index contributed by atoms with van der Waals surface area (Å²) in [6, 6.07) is 6.59. The molecule has 0 aromatic heterocycles. The van der Waals surface area contributed by atoms with Crippen LogP contribution in [0.4, 0.5) is 0 Å². The molecule has 12 nitrogen and oxygen atoms in total. The van der Waals surface area contributed by atoms with Gasteiger partial charge in [-0.2, -0.15) is 0 Å². The lowest BCUT2D eigenvalue weighted by molar-refractivity contribution is -0.277. The number of hydrogen-bond donors (Lipinski definition) is 7. The monoisotopic (exact) mass is 494 g/mol. The molecule has 2 aromatic carbocycles. The Balaban J connectivity index is 1.64. The highest BCUT2D eigenvalue weighted by molar-refractivity contribution is 5.66. The molecule has 1 saturated heterocycles. The number of esters is 1. The van der Waals surface area contributed by atoms with E-state index in [-0.39, 0.29) is 29.4 Å². The molecule has 0 spiro atoms. The largest absolute Gasteiger partial charge is 0.507 e. The Morgan fingerprint density at radius 3 is 2.40 bits per heavy atom. The van der Waals surface area contributed by atoms with Gasteiger partial charge in [0.2, 0.25) is 6.29 Å². The topological polar surface area (TPSA) is 196 Å². The second kappa shape index (κ2) is 9.76. The zero-order chi connectivity index (χ0) is 25.4. The number of aliphatic hydroxyl groups excluding tert-OH is 4. The standard InChI is InChI=1S/C23H26O12/c1-9(25)32-17-7-12-14(27)5-11(33-23-21(31)20(30)19(29)18(8-24)35-23)6-16(12)34-22(17)10-2-3-13(26)15(28)4-10/h2-6,17-24,26-31H,7-8H2,1H3. The molecule has 1 fully saturated rings. The first-order valence-corrected chi connectivity index (χ1v) is 10.8. The Hall–Kier alpha value is -3.29. The first-order valence-electron chi connectivity index (χ1n) is 10.8. The average Bonchev–Trinajstić information content (AvgIpc) is 2.81. The van der Waals surface area contributed by atoms with Gasteiger partial charge in [0.05, 0.1) is 6.61 Å². The van der Waals surface area contributed by atoms with Gasteiger partial charge in [0.25, 0.3) is 0 Å². The molecule has 190 valence electrons. The number of fused-ring (bicyclic) bond motifs is 1. The van der Waals surface area contributed by atoms with Gasteiger partial charge in [0, 0.05) is 36.6 Å². The Labute approximate surface area is 199 Å². The van der Waals surface area contributed by atoms with Crippen LogP contribution in [-0.4, -0.2) is 85.1 Å². The zero-order valence-corrected chi connectivity index (χ0v) is 18.5. The number of benzene rings is 2. The van der Waals surface area contributed by atoms with Gasteiger partial charge in [0.1, 0.15) is 47.8 Å². The van der Waals surface area contributed by atoms with Crippen molar-refractivity contribution >= 4 is 5.97 Å². The highest BCUT2D eigenvalue weighted by Crippen LogP contribution is 2.44. The number of phenolic OH excluding ortho intramolecular Hbond substituents is 3. The van der Waals surface area contributed by atoms with Crippen molar-refractivity contribution in [3.63, 3.8) is 0 Å². The molecular formula is C23H26O12. The lowest BCUT2D eigenvalue weighted by atomic mass is 9.93. The summed E-state index contributed by atoms with van der Waals surface area (Å²) >= 11 is 0. The van der Waals surface area contributed by atoms with Crippen LogP contribution in [0, 0.1) is 0 Å². The second-order valence-electron chi connectivity index (χ2n) is 8.37. The number of rotatable bonds is 5. The number of aromatic hydroxyl groups is 3. The van der Waals surface area contributed by atoms with Gasteiger partial charge in [-0.3, -0.25) is 4.79 Å². The minimum Gasteiger partial charge on any atom is -0.507 e. The summed E-state index contributed by atoms with van der Waals surface area (Å²) in [4.78, 5) is 11.7. The van der Waals surface area contributed by atoms with Crippen LogP contribution in [-0.2, 0) is 20.7 Å². The molecule has 0 saturated carbocycles. The molecule has 2 heterocycles. The number of ether oxygens (including phenoxy) is 4. The molecule has 2 aliphatic heterocycles. The van der Waals surface area contributed by atoms with Crippen LogP contribution in [0.2, 0.25) is 0 Å². The minimum atomic E-state index is -1.66. The van der Waals surface area contributed by atoms with E-state index in [0.29, 0.717) is 11.1 Å². The third kappa shape index (κ3) is 4.92. The van der Waals surface area contributed by atoms with Crippen molar-refractivity contribution in [2.24, 2.45) is 0 Å². The maximum Gasteiger partial charge on any atom is 0.303 e. The lowest BCUT2D eigenvalue weighted by Gasteiger charge is -2.39. The van der Waals surface area contributed by atoms with E-state index in [0.717, 1.165) is 0 Å². The molecule has 0 amide bonds. The van der Waals surface area contributed by atoms with Gasteiger partial charge in [-0.05, 0) is 12.1 Å². The van der Waals surface area contributed by atoms with Gasteiger partial charge in [-0.15, -0.1) is 0 Å². The van der Waals surface area contributed by atoms with E-state index >= 15 is 0 Å². The first-order chi connectivity index (χ1) is 16.6. The maximum atomic E-state index is 11.7. The van der Waals surface area contributed by atoms with Crippen LogP contribution in [0.3, 0.4) is 0 Å². The summed E-state index contributed by atoms with van der Waals surface area (Å²) in [6.07, 6.45) is -9.27. The summed E-state index contributed by atoms with van der Waals surface area (Å²) in [5, 5.41) is 69.6. The third-order valence-corrected chi connectivity index (χ3v) is 5.90. The molecule has 2 aromatic rings. The Bertz CT molecular complexity index is 1090. The van der Waals surface area contributed by atoms with Crippen LogP contribution in [0.5, 0.6) is 28.7 Å². The molecule has 4 rings (SSSR count). The van der Waals surface area contributed by atoms with E-state index in [2.05, 4.69) is 0 Å². The van der Waals surface area contributed by atoms with E-state index in [1.54, 1.807) is 0 Å². The van der Waals surface area contributed by atoms with E-state index in [1.807, 2.05) is 0 Å². The first kappa shape index (κ1) is 24.8. The van der Waals surface area contributed by atoms with Crippen molar-refractivity contribution in [2.45, 2.75) is 56.3 Å². The summed E-state index contributed by atoms with van der Waals surface area (Å²) < 4.78 is 22.3. The number of carbonyl (C=O) groups is 1. The molecule has 7 unspecified atom stereocenters. The predicted molar refractivity (Wildman–Crippen MR) is 115 cm³/mol. The van der Waals surface area contributed by atoms with Gasteiger partial charge >= 0.3 is 5.97 Å². The van der Waals surface area contributed by atoms with E-state index in [1.165, 1.54) is 37.3 Å². The summed E-state index contributed by atoms with van der Waals surface area (Å²) in [5.41, 5.74) is 0.689. The maximum absolute atomic E-state index is 11.7. The lowest BCUT2D eigenvalue weighted by Crippen LogP contribution is -2.60. The van der Waals surface area contributed by atoms with Crippen LogP contribution >= 0.6 is 0 Å². The second-order valence-corrected chi connectivity index (χ2v) is 8.37. The van der Waals surface area contributed by atoms with Gasteiger partial charge in [0.15, 0.2) is 17.6 Å². The molecule has 35 heavy (non-hydrogen) atoms. The fourth-order valence-electron chi connectivity index (χ4n) is 4.12. The minimum absolute atomic E-state index is 0.0242. The normalized spacial score (nSPS) is 30.1. The zero-order valence-electron chi connectivity index (χ0n) is 18.5. The highest BCUT2D eigenvalue weighted by Gasteiger charge is 2.45. The summed E-state index contributed by atoms with van der Waals surface area (Å²) in [5.74, 6) is -1.49. The Morgan fingerprint density at radius 1 is 1.00 bits per heavy atom. The van der Waals surface area contributed by atoms with Crippen molar-refractivity contribution in [2.75, 3.05) is 6.61 Å². The summed E-state index contributed by atoms with van der Waals surface area (Å²) in [7, 11) is 0. The fraction of sp³-hybridized carbons (Fsp3) is 0.435. The molecule has 0 radical (unpaired) electrons. The number of phenols is 3. The van der Waals surface area contributed by atoms with E-state index in [4.69, 9.17) is 18.9 Å². The van der Waals surface area contributed by atoms with Crippen LogP contribution < -0.4 is 9.47 Å². The number of hydrogen-bond acceptors (Lipinski definition) is 12. The SMILES string of the molecule is CC(=O)OC1Cc2c(O)cc(OC3OC(CO)C(O)C(O)C3O)cc2OC1c1ccc(O)c(O)c1. The smallest absolute Gasteiger partial charge is 0.303 e. The van der Waals surface area contributed by atoms with Crippen LogP contribution in [0.25, 0.3) is 0 Å². The fourth-order valence-corrected chi connectivity index (χ4v) is 4.12. The van der Waals surface area contributed by atoms with Crippen LogP contribution in [0.15, 0.2) is 30.3 Å². The molecule has 7 atom stereocenters. The van der Waals surface area contributed by atoms with E-state index < -0.39 is 61.2 Å². The molecule has 2 aliphatic rings. The predicted octanol–water partition coefficient (Wildman–Crippen LogP) is -0.410. The van der Waals surface area contributed by atoms with Crippen LogP contribution in [0.1, 0.15) is 24.2 Å². The molecule has 0 bridgehead atoms. The Morgan fingerprint density at radius 2 is 1.74 bits per heavy atom. The quantitative estimate of drug-likeness (QED) is 0.210. The van der Waals surface area contributed by atoms with Gasteiger partial charge < -0.3 is 54.7 Å². The molecule has 12 heteroatoms. The summed E-state index contributed by atoms with van der Waals surface area (Å²) in [6.45, 7) is 0.584. The number of aliphatic hydroxyl groups is 4. The van der Waals surface area contributed by atoms with Crippen molar-refractivity contribution in [1.29, 1.82) is 0 Å². The van der Waals surface area contributed by atoms with Gasteiger partial charge in [-0.1, -0.05) is 6.07 Å². The highest BCUT2D eigenvalue weighted by atomic mass is 16.7. The average molecular weight is 494 g/mol. The van der Waals surface area contributed by atoms with Crippen molar-refractivity contribution < 1.29 is 59.5 Å². The van der Waals surface area contributed by atoms with E-state index in [9.17, 15) is 40.5 Å². The molecule has 0 aliphatic carbocycles. The number of carbonyl (C=O) groups excluding carboxylic acids is 1. The van der Waals surface area contributed by atoms with Crippen molar-refractivity contribution in [1.82, 2.24) is 0 Å². The van der Waals surface area contributed by atoms with Crippen molar-refractivity contribution in [3.8, 4) is 28.7 Å². The third-order valence-electron chi connectivity index (χ3n) is 5.90. The Kier molecular flexibility index (Phi) is 6.92. The molecular weight excluding hydrogens is 468 g/mol. The molecule has 7 N–H and O–H groups in total. The van der Waals surface area contributed by atoms with Crippen molar-refractivity contribution in [3.05, 3.63) is 41.5 Å². The van der Waals surface area contributed by atoms with Gasteiger partial charge in [-0.25, -0.2) is 0 Å².